The van der Waals surface area contributed by atoms with Gasteiger partial charge >= 0.3 is 0 Å². The van der Waals surface area contributed by atoms with E-state index >= 15 is 0 Å². The summed E-state index contributed by atoms with van der Waals surface area (Å²) in [6, 6.07) is 11.6. The van der Waals surface area contributed by atoms with Crippen LogP contribution in [0.4, 0.5) is 11.4 Å². The highest BCUT2D eigenvalue weighted by Crippen LogP contribution is 2.28. The van der Waals surface area contributed by atoms with Crippen molar-refractivity contribution in [3.8, 4) is 0 Å². The van der Waals surface area contributed by atoms with E-state index in [0.29, 0.717) is 0 Å². The van der Waals surface area contributed by atoms with Crippen molar-refractivity contribution in [2.24, 2.45) is 0 Å². The molecule has 1 N–H and O–H groups in total. The summed E-state index contributed by atoms with van der Waals surface area (Å²) >= 11 is 1.42. The van der Waals surface area contributed by atoms with Crippen LogP contribution in [0.3, 0.4) is 0 Å². The standard InChI is InChI=1S/C19H22N2O2S/c22-17(18-9-6-14-24-18)10-11-19(23)20-15-7-2-3-8-16(15)21-12-4-1-5-13-21/h2-3,6-9,14H,1,4-5,10-13H2,(H,20,23). The van der Waals surface area contributed by atoms with Gasteiger partial charge in [-0.15, -0.1) is 11.3 Å². The molecule has 1 saturated heterocycles. The SMILES string of the molecule is O=C(CCC(=O)c1cccs1)Nc1ccccc1N1CCCCC1. The average Bonchev–Trinajstić information content (AvgIpc) is 3.16. The molecular formula is C19H22N2O2S. The maximum Gasteiger partial charge on any atom is 0.224 e. The number of thiophene rings is 1. The molecule has 0 spiro atoms. The lowest BCUT2D eigenvalue weighted by molar-refractivity contribution is -0.116. The molecule has 5 heteroatoms. The minimum absolute atomic E-state index is 0.0319. The fourth-order valence-corrected chi connectivity index (χ4v) is 3.68. The molecule has 1 aliphatic heterocycles. The van der Waals surface area contributed by atoms with Crippen LogP contribution in [0.5, 0.6) is 0 Å². The van der Waals surface area contributed by atoms with Crippen LogP contribution in [0.15, 0.2) is 41.8 Å². The highest BCUT2D eigenvalue weighted by molar-refractivity contribution is 7.12. The number of Topliss-reactive ketones (excluding diaryl/α,β-unsaturated/α-hetero) is 1. The van der Waals surface area contributed by atoms with Gasteiger partial charge in [-0.1, -0.05) is 18.2 Å². The molecule has 2 aromatic rings. The number of nitrogens with zero attached hydrogens (tertiary/aromatic N) is 1. The Morgan fingerprint density at radius 2 is 1.79 bits per heavy atom. The molecule has 0 saturated carbocycles. The van der Waals surface area contributed by atoms with E-state index in [1.165, 1.54) is 30.6 Å². The third-order valence-electron chi connectivity index (χ3n) is 4.25. The number of carbonyl (C=O) groups excluding carboxylic acids is 2. The van der Waals surface area contributed by atoms with Gasteiger partial charge in [0.1, 0.15) is 0 Å². The number of hydrogen-bond donors (Lipinski definition) is 1. The minimum atomic E-state index is -0.107. The first kappa shape index (κ1) is 16.7. The van der Waals surface area contributed by atoms with E-state index in [0.717, 1.165) is 29.3 Å². The zero-order valence-electron chi connectivity index (χ0n) is 13.7. The Bertz CT molecular complexity index is 691. The van der Waals surface area contributed by atoms with Gasteiger partial charge in [0.25, 0.3) is 0 Å². The maximum atomic E-state index is 12.2. The summed E-state index contributed by atoms with van der Waals surface area (Å²) in [5.41, 5.74) is 1.92. The van der Waals surface area contributed by atoms with Gasteiger partial charge in [0.2, 0.25) is 5.91 Å². The lowest BCUT2D eigenvalue weighted by atomic mass is 10.1. The number of benzene rings is 1. The summed E-state index contributed by atoms with van der Waals surface area (Å²) in [7, 11) is 0. The fourth-order valence-electron chi connectivity index (χ4n) is 2.99. The van der Waals surface area contributed by atoms with Crippen molar-refractivity contribution < 1.29 is 9.59 Å². The molecule has 1 aromatic heterocycles. The van der Waals surface area contributed by atoms with Gasteiger partial charge in [-0.3, -0.25) is 9.59 Å². The molecular weight excluding hydrogens is 320 g/mol. The van der Waals surface area contributed by atoms with Crippen LogP contribution >= 0.6 is 11.3 Å². The van der Waals surface area contributed by atoms with Crippen LogP contribution in [0.25, 0.3) is 0 Å². The van der Waals surface area contributed by atoms with Crippen LogP contribution in [-0.2, 0) is 4.79 Å². The molecule has 1 aliphatic rings. The highest BCUT2D eigenvalue weighted by Gasteiger charge is 2.16. The summed E-state index contributed by atoms with van der Waals surface area (Å²) in [5, 5.41) is 4.86. The molecule has 3 rings (SSSR count). The van der Waals surface area contributed by atoms with Crippen molar-refractivity contribution in [1.82, 2.24) is 0 Å². The van der Waals surface area contributed by atoms with E-state index in [1.807, 2.05) is 29.6 Å². The van der Waals surface area contributed by atoms with Gasteiger partial charge in [0, 0.05) is 25.9 Å². The van der Waals surface area contributed by atoms with E-state index in [-0.39, 0.29) is 24.5 Å². The van der Waals surface area contributed by atoms with E-state index in [4.69, 9.17) is 0 Å². The molecule has 1 amide bonds. The van der Waals surface area contributed by atoms with Crippen molar-refractivity contribution in [3.05, 3.63) is 46.7 Å². The first-order chi connectivity index (χ1) is 11.7. The number of anilines is 2. The van der Waals surface area contributed by atoms with Gasteiger partial charge in [-0.25, -0.2) is 0 Å². The van der Waals surface area contributed by atoms with E-state index in [9.17, 15) is 9.59 Å². The van der Waals surface area contributed by atoms with E-state index < -0.39 is 0 Å². The van der Waals surface area contributed by atoms with Crippen molar-refractivity contribution in [2.45, 2.75) is 32.1 Å². The maximum absolute atomic E-state index is 12.2. The van der Waals surface area contributed by atoms with Gasteiger partial charge < -0.3 is 10.2 Å². The van der Waals surface area contributed by atoms with E-state index in [1.54, 1.807) is 6.07 Å². The van der Waals surface area contributed by atoms with Gasteiger partial charge in [0.15, 0.2) is 5.78 Å². The number of nitrogens with one attached hydrogen (secondary N) is 1. The van der Waals surface area contributed by atoms with Crippen molar-refractivity contribution in [1.29, 1.82) is 0 Å². The summed E-state index contributed by atoms with van der Waals surface area (Å²) in [6.07, 6.45) is 4.12. The molecule has 0 unspecified atom stereocenters. The third kappa shape index (κ3) is 4.23. The Kier molecular flexibility index (Phi) is 5.64. The highest BCUT2D eigenvalue weighted by atomic mass is 32.1. The normalized spacial score (nSPS) is 14.4. The molecule has 126 valence electrons. The Hall–Kier alpha value is -2.14. The second-order valence-electron chi connectivity index (χ2n) is 6.01. The summed E-state index contributed by atoms with van der Waals surface area (Å²) in [5.74, 6) is -0.0752. The third-order valence-corrected chi connectivity index (χ3v) is 5.16. The first-order valence-electron chi connectivity index (χ1n) is 8.44. The fraction of sp³-hybridized carbons (Fsp3) is 0.368. The van der Waals surface area contributed by atoms with Gasteiger partial charge in [0.05, 0.1) is 16.3 Å². The van der Waals surface area contributed by atoms with Crippen LogP contribution in [0, 0.1) is 0 Å². The van der Waals surface area contributed by atoms with Crippen molar-refractivity contribution in [3.63, 3.8) is 0 Å². The zero-order valence-corrected chi connectivity index (χ0v) is 14.5. The second-order valence-corrected chi connectivity index (χ2v) is 6.96. The lowest BCUT2D eigenvalue weighted by Gasteiger charge is -2.30. The Morgan fingerprint density at radius 3 is 2.54 bits per heavy atom. The Morgan fingerprint density at radius 1 is 1.00 bits per heavy atom. The molecule has 2 heterocycles. The summed E-state index contributed by atoms with van der Waals surface area (Å²) < 4.78 is 0. The minimum Gasteiger partial charge on any atom is -0.370 e. The molecule has 0 atom stereocenters. The molecule has 1 aromatic carbocycles. The monoisotopic (exact) mass is 342 g/mol. The van der Waals surface area contributed by atoms with Crippen LogP contribution < -0.4 is 10.2 Å². The smallest absolute Gasteiger partial charge is 0.224 e. The molecule has 0 aliphatic carbocycles. The van der Waals surface area contributed by atoms with Crippen molar-refractivity contribution >= 4 is 34.4 Å². The molecule has 1 fully saturated rings. The number of piperidine rings is 1. The molecule has 0 bridgehead atoms. The number of rotatable bonds is 6. The summed E-state index contributed by atoms with van der Waals surface area (Å²) in [6.45, 7) is 2.06. The molecule has 24 heavy (non-hydrogen) atoms. The first-order valence-corrected chi connectivity index (χ1v) is 9.32. The van der Waals surface area contributed by atoms with Crippen LogP contribution in [-0.4, -0.2) is 24.8 Å². The topological polar surface area (TPSA) is 49.4 Å². The predicted octanol–water partition coefficient (Wildman–Crippen LogP) is 4.34. The summed E-state index contributed by atoms with van der Waals surface area (Å²) in [4.78, 5) is 27.3. The van der Waals surface area contributed by atoms with Crippen LogP contribution in [0.2, 0.25) is 0 Å². The number of para-hydroxylation sites is 2. The van der Waals surface area contributed by atoms with E-state index in [2.05, 4.69) is 16.3 Å². The molecule has 0 radical (unpaired) electrons. The van der Waals surface area contributed by atoms with Crippen LogP contribution in [0.1, 0.15) is 41.8 Å². The number of amides is 1. The quantitative estimate of drug-likeness (QED) is 0.795. The Balaban J connectivity index is 1.59. The second kappa shape index (κ2) is 8.11. The molecule has 4 nitrogen and oxygen atoms in total. The largest absolute Gasteiger partial charge is 0.370 e. The zero-order chi connectivity index (χ0) is 16.8. The number of ketones is 1. The average molecular weight is 342 g/mol. The lowest BCUT2D eigenvalue weighted by Crippen LogP contribution is -2.30. The predicted molar refractivity (Wildman–Crippen MR) is 99.0 cm³/mol. The van der Waals surface area contributed by atoms with Crippen molar-refractivity contribution in [2.75, 3.05) is 23.3 Å². The number of carbonyl (C=O) groups is 2. The van der Waals surface area contributed by atoms with Gasteiger partial charge in [-0.2, -0.15) is 0 Å². The number of hydrogen-bond acceptors (Lipinski definition) is 4. The van der Waals surface area contributed by atoms with Gasteiger partial charge in [-0.05, 0) is 42.8 Å². The Labute approximate surface area is 146 Å².